The number of fused-ring (bicyclic) bond motifs is 1. The molecule has 0 bridgehead atoms. The number of rotatable bonds is 0. The third kappa shape index (κ3) is 1.08. The van der Waals surface area contributed by atoms with Gasteiger partial charge in [0.05, 0.1) is 11.6 Å². The van der Waals surface area contributed by atoms with E-state index in [1.807, 2.05) is 0 Å². The Labute approximate surface area is 73.3 Å². The predicted molar refractivity (Wildman–Crippen MR) is 46.2 cm³/mol. The van der Waals surface area contributed by atoms with E-state index in [2.05, 4.69) is 45.4 Å². The first-order chi connectivity index (χ1) is 5.27. The Kier molecular flexibility index (Phi) is 1.50. The van der Waals surface area contributed by atoms with Crippen LogP contribution in [0.15, 0.2) is 16.4 Å². The van der Waals surface area contributed by atoms with E-state index in [1.54, 1.807) is 6.20 Å². The summed E-state index contributed by atoms with van der Waals surface area (Å²) in [6.45, 7) is 0. The van der Waals surface area contributed by atoms with Gasteiger partial charge in [0, 0.05) is 0 Å². The fourth-order valence-electron chi connectivity index (χ4n) is 0.808. The van der Waals surface area contributed by atoms with Crippen molar-refractivity contribution in [1.29, 1.82) is 0 Å². The molecule has 1 N–H and O–H groups in total. The fourth-order valence-corrected chi connectivity index (χ4v) is 1.35. The fraction of sp³-hybridized carbons (Fsp3) is 0. The molecule has 4 nitrogen and oxygen atoms in total. The van der Waals surface area contributed by atoms with Gasteiger partial charge in [0.15, 0.2) is 10.8 Å². The molecule has 56 valence electrons. The van der Waals surface area contributed by atoms with Crippen LogP contribution < -0.4 is 0 Å². The second kappa shape index (κ2) is 2.38. The first-order valence-electron chi connectivity index (χ1n) is 2.86. The Balaban J connectivity index is 2.91. The highest BCUT2D eigenvalue weighted by Gasteiger charge is 2.02. The van der Waals surface area contributed by atoms with Crippen molar-refractivity contribution >= 4 is 36.3 Å². The Bertz CT molecular complexity index is 396. The van der Waals surface area contributed by atoms with Gasteiger partial charge in [-0.3, -0.25) is 5.10 Å². The van der Waals surface area contributed by atoms with E-state index in [0.29, 0.717) is 15.8 Å². The van der Waals surface area contributed by atoms with Gasteiger partial charge >= 0.3 is 0 Å². The third-order valence-electron chi connectivity index (χ3n) is 1.28. The molecule has 0 saturated heterocycles. The van der Waals surface area contributed by atoms with E-state index in [0.717, 1.165) is 5.39 Å². The molecule has 11 heavy (non-hydrogen) atoms. The van der Waals surface area contributed by atoms with E-state index in [4.69, 9.17) is 0 Å². The highest BCUT2D eigenvalue weighted by Crippen LogP contribution is 2.16. The molecular formula is C5H4N4S2. The number of aromatic nitrogens is 4. The minimum absolute atomic E-state index is 0.395. The summed E-state index contributed by atoms with van der Waals surface area (Å²) in [5, 5.41) is 8.29. The molecule has 0 atom stereocenters. The summed E-state index contributed by atoms with van der Waals surface area (Å²) >= 11 is 8.11. The van der Waals surface area contributed by atoms with Gasteiger partial charge in [-0.05, 0) is 0 Å². The Morgan fingerprint density at radius 3 is 2.91 bits per heavy atom. The summed E-state index contributed by atoms with van der Waals surface area (Å²) in [6, 6.07) is 0. The van der Waals surface area contributed by atoms with E-state index >= 15 is 0 Å². The molecule has 2 aromatic heterocycles. The number of hydrogen-bond donors (Lipinski definition) is 3. The third-order valence-corrected chi connectivity index (χ3v) is 1.82. The van der Waals surface area contributed by atoms with E-state index in [-0.39, 0.29) is 0 Å². The predicted octanol–water partition coefficient (Wildman–Crippen LogP) is 0.930. The SMILES string of the molecule is Sc1nc(S)c2cn[nH]c2n1. The second-order valence-corrected chi connectivity index (χ2v) is 2.80. The molecule has 0 aliphatic heterocycles. The second-order valence-electron chi connectivity index (χ2n) is 1.98. The van der Waals surface area contributed by atoms with Crippen LogP contribution in [0.4, 0.5) is 0 Å². The van der Waals surface area contributed by atoms with E-state index in [9.17, 15) is 0 Å². The topological polar surface area (TPSA) is 54.5 Å². The van der Waals surface area contributed by atoms with E-state index < -0.39 is 0 Å². The van der Waals surface area contributed by atoms with Crippen LogP contribution in [-0.4, -0.2) is 20.2 Å². The van der Waals surface area contributed by atoms with Crippen LogP contribution in [0.1, 0.15) is 0 Å². The Morgan fingerprint density at radius 2 is 2.09 bits per heavy atom. The van der Waals surface area contributed by atoms with Crippen molar-refractivity contribution in [2.24, 2.45) is 0 Å². The van der Waals surface area contributed by atoms with Gasteiger partial charge < -0.3 is 0 Å². The molecule has 0 unspecified atom stereocenters. The van der Waals surface area contributed by atoms with Gasteiger partial charge in [0.1, 0.15) is 5.03 Å². The van der Waals surface area contributed by atoms with Crippen molar-refractivity contribution in [1.82, 2.24) is 20.2 Å². The molecule has 0 aliphatic carbocycles. The van der Waals surface area contributed by atoms with Gasteiger partial charge in [-0.25, -0.2) is 9.97 Å². The van der Waals surface area contributed by atoms with Crippen LogP contribution in [0.3, 0.4) is 0 Å². The largest absolute Gasteiger partial charge is 0.261 e. The molecule has 0 aromatic carbocycles. The lowest BCUT2D eigenvalue weighted by molar-refractivity contribution is 0.930. The van der Waals surface area contributed by atoms with Crippen LogP contribution in [0.25, 0.3) is 11.0 Å². The molecule has 0 aliphatic rings. The molecule has 0 spiro atoms. The zero-order valence-electron chi connectivity index (χ0n) is 5.31. The van der Waals surface area contributed by atoms with Crippen molar-refractivity contribution in [3.63, 3.8) is 0 Å². The molecule has 2 rings (SSSR count). The number of thiol groups is 2. The standard InChI is InChI=1S/C5H4N4S2/c10-4-2-1-6-9-3(2)7-5(11)8-4/h1H,(H3,6,7,8,9,10,11). The molecule has 0 amide bonds. The molecule has 2 aromatic rings. The molecule has 6 heteroatoms. The summed E-state index contributed by atoms with van der Waals surface area (Å²) in [4.78, 5) is 7.91. The minimum atomic E-state index is 0.395. The lowest BCUT2D eigenvalue weighted by atomic mass is 10.4. The summed E-state index contributed by atoms with van der Waals surface area (Å²) in [5.41, 5.74) is 0.662. The zero-order valence-corrected chi connectivity index (χ0v) is 7.10. The van der Waals surface area contributed by atoms with Gasteiger partial charge in [0.25, 0.3) is 0 Å². The van der Waals surface area contributed by atoms with Crippen molar-refractivity contribution in [2.45, 2.75) is 10.2 Å². The van der Waals surface area contributed by atoms with Gasteiger partial charge in [-0.15, -0.1) is 25.3 Å². The maximum absolute atomic E-state index is 4.13. The Hall–Kier alpha value is -0.750. The molecule has 2 heterocycles. The molecule has 0 radical (unpaired) electrons. The summed E-state index contributed by atoms with van der Waals surface area (Å²) in [6.07, 6.45) is 1.63. The van der Waals surface area contributed by atoms with Crippen molar-refractivity contribution in [3.05, 3.63) is 6.20 Å². The van der Waals surface area contributed by atoms with Gasteiger partial charge in [0.2, 0.25) is 0 Å². The van der Waals surface area contributed by atoms with Crippen LogP contribution in [-0.2, 0) is 0 Å². The summed E-state index contributed by atoms with van der Waals surface area (Å²) in [7, 11) is 0. The lowest BCUT2D eigenvalue weighted by Crippen LogP contribution is -1.85. The number of nitrogens with one attached hydrogen (secondary N) is 1. The number of nitrogens with zero attached hydrogens (tertiary/aromatic N) is 3. The Morgan fingerprint density at radius 1 is 1.27 bits per heavy atom. The van der Waals surface area contributed by atoms with Crippen molar-refractivity contribution < 1.29 is 0 Å². The maximum Gasteiger partial charge on any atom is 0.187 e. The van der Waals surface area contributed by atoms with Crippen molar-refractivity contribution in [2.75, 3.05) is 0 Å². The average Bonchev–Trinajstić information content (AvgIpc) is 2.34. The smallest absolute Gasteiger partial charge is 0.187 e. The van der Waals surface area contributed by atoms with E-state index in [1.165, 1.54) is 0 Å². The van der Waals surface area contributed by atoms with Crippen molar-refractivity contribution in [3.8, 4) is 0 Å². The van der Waals surface area contributed by atoms with Crippen LogP contribution in [0, 0.1) is 0 Å². The minimum Gasteiger partial charge on any atom is -0.261 e. The number of hydrogen-bond acceptors (Lipinski definition) is 5. The average molecular weight is 184 g/mol. The number of aromatic amines is 1. The first kappa shape index (κ1) is 6.93. The molecule has 0 fully saturated rings. The monoisotopic (exact) mass is 184 g/mol. The van der Waals surface area contributed by atoms with Crippen LogP contribution >= 0.6 is 25.3 Å². The highest BCUT2D eigenvalue weighted by atomic mass is 32.1. The van der Waals surface area contributed by atoms with Gasteiger partial charge in [-0.2, -0.15) is 5.10 Å². The summed E-state index contributed by atoms with van der Waals surface area (Å²) in [5.74, 6) is 0. The van der Waals surface area contributed by atoms with Crippen LogP contribution in [0.5, 0.6) is 0 Å². The zero-order chi connectivity index (χ0) is 7.84. The normalized spacial score (nSPS) is 10.7. The summed E-state index contributed by atoms with van der Waals surface area (Å²) < 4.78 is 0. The number of H-pyrrole nitrogens is 1. The first-order valence-corrected chi connectivity index (χ1v) is 3.76. The highest BCUT2D eigenvalue weighted by molar-refractivity contribution is 7.81. The van der Waals surface area contributed by atoms with Gasteiger partial charge in [-0.1, -0.05) is 0 Å². The quantitative estimate of drug-likeness (QED) is 0.324. The molecule has 0 saturated carbocycles. The lowest BCUT2D eigenvalue weighted by Gasteiger charge is -1.92. The maximum atomic E-state index is 4.13. The molecular weight excluding hydrogens is 180 g/mol. The van der Waals surface area contributed by atoms with Crippen LogP contribution in [0.2, 0.25) is 0 Å².